The normalized spacial score (nSPS) is 8.67. The molecule has 0 atom stereocenters. The second-order valence-electron chi connectivity index (χ2n) is 2.71. The molecule has 2 heterocycles. The molecule has 0 bridgehead atoms. The lowest BCUT2D eigenvalue weighted by atomic mass is 10.3. The Labute approximate surface area is 92.0 Å². The molecule has 2 rings (SSSR count). The van der Waals surface area contributed by atoms with Crippen LogP contribution in [-0.2, 0) is 0 Å². The third-order valence-electron chi connectivity index (χ3n) is 1.59. The quantitative estimate of drug-likeness (QED) is 0.716. The fraction of sp³-hybridized carbons (Fsp3) is 0.500. The van der Waals surface area contributed by atoms with E-state index in [0.29, 0.717) is 0 Å². The Bertz CT molecular complexity index is 391. The molecule has 3 nitrogen and oxygen atoms in total. The molecule has 0 amide bonds. The SMILES string of the molecule is CC.CC.Cc1cnc2nc(C)[nH]c2c1. The molecule has 0 spiro atoms. The molecule has 0 unspecified atom stereocenters. The second kappa shape index (κ2) is 6.98. The van der Waals surface area contributed by atoms with Crippen LogP contribution in [0.4, 0.5) is 0 Å². The van der Waals surface area contributed by atoms with Gasteiger partial charge >= 0.3 is 0 Å². The number of fused-ring (bicyclic) bond motifs is 1. The van der Waals surface area contributed by atoms with Gasteiger partial charge in [0, 0.05) is 6.20 Å². The van der Waals surface area contributed by atoms with Gasteiger partial charge in [0.05, 0.1) is 5.52 Å². The molecule has 0 saturated heterocycles. The second-order valence-corrected chi connectivity index (χ2v) is 2.71. The number of pyridine rings is 1. The van der Waals surface area contributed by atoms with E-state index >= 15 is 0 Å². The van der Waals surface area contributed by atoms with Gasteiger partial charge in [-0.2, -0.15) is 0 Å². The summed E-state index contributed by atoms with van der Waals surface area (Å²) in [7, 11) is 0. The summed E-state index contributed by atoms with van der Waals surface area (Å²) in [4.78, 5) is 11.5. The van der Waals surface area contributed by atoms with Crippen molar-refractivity contribution in [1.29, 1.82) is 0 Å². The van der Waals surface area contributed by atoms with Crippen LogP contribution in [0.2, 0.25) is 0 Å². The minimum atomic E-state index is 0.799. The number of aryl methyl sites for hydroxylation is 2. The van der Waals surface area contributed by atoms with Gasteiger partial charge in [0.2, 0.25) is 0 Å². The van der Waals surface area contributed by atoms with Crippen LogP contribution < -0.4 is 0 Å². The van der Waals surface area contributed by atoms with E-state index in [9.17, 15) is 0 Å². The number of imidazole rings is 1. The zero-order valence-corrected chi connectivity index (χ0v) is 10.5. The van der Waals surface area contributed by atoms with E-state index in [1.807, 2.05) is 53.8 Å². The van der Waals surface area contributed by atoms with Crippen LogP contribution in [0, 0.1) is 13.8 Å². The Balaban J connectivity index is 0.000000442. The van der Waals surface area contributed by atoms with Crippen LogP contribution in [0.25, 0.3) is 11.2 Å². The number of hydrogen-bond donors (Lipinski definition) is 1. The summed E-state index contributed by atoms with van der Waals surface area (Å²) < 4.78 is 0. The molecule has 0 radical (unpaired) electrons. The number of H-pyrrole nitrogens is 1. The van der Waals surface area contributed by atoms with Crippen LogP contribution in [0.1, 0.15) is 39.1 Å². The maximum atomic E-state index is 4.19. The molecule has 84 valence electrons. The summed E-state index contributed by atoms with van der Waals surface area (Å²) in [6.07, 6.45) is 1.82. The zero-order valence-electron chi connectivity index (χ0n) is 10.5. The van der Waals surface area contributed by atoms with Gasteiger partial charge in [-0.15, -0.1) is 0 Å². The van der Waals surface area contributed by atoms with Crippen molar-refractivity contribution in [3.8, 4) is 0 Å². The first-order chi connectivity index (χ1) is 7.25. The topological polar surface area (TPSA) is 41.6 Å². The summed E-state index contributed by atoms with van der Waals surface area (Å²) in [5.74, 6) is 0.915. The first-order valence-corrected chi connectivity index (χ1v) is 5.55. The van der Waals surface area contributed by atoms with Crippen LogP contribution in [0.3, 0.4) is 0 Å². The summed E-state index contributed by atoms with van der Waals surface area (Å²) in [6.45, 7) is 11.9. The van der Waals surface area contributed by atoms with Crippen LogP contribution in [0.15, 0.2) is 12.3 Å². The number of aromatic amines is 1. The third-order valence-corrected chi connectivity index (χ3v) is 1.59. The van der Waals surface area contributed by atoms with Crippen molar-refractivity contribution in [2.75, 3.05) is 0 Å². The lowest BCUT2D eigenvalue weighted by Gasteiger charge is -1.88. The molecule has 0 saturated carbocycles. The Morgan fingerprint density at radius 2 is 1.67 bits per heavy atom. The highest BCUT2D eigenvalue weighted by molar-refractivity contribution is 5.70. The minimum Gasteiger partial charge on any atom is -0.341 e. The van der Waals surface area contributed by atoms with E-state index in [1.165, 1.54) is 0 Å². The van der Waals surface area contributed by atoms with Gasteiger partial charge in [0.15, 0.2) is 5.65 Å². The molecule has 0 aromatic carbocycles. The van der Waals surface area contributed by atoms with Crippen LogP contribution >= 0.6 is 0 Å². The van der Waals surface area contributed by atoms with Gasteiger partial charge < -0.3 is 4.98 Å². The molecule has 15 heavy (non-hydrogen) atoms. The van der Waals surface area contributed by atoms with Crippen molar-refractivity contribution in [2.45, 2.75) is 41.5 Å². The monoisotopic (exact) mass is 207 g/mol. The van der Waals surface area contributed by atoms with Gasteiger partial charge in [-0.1, -0.05) is 27.7 Å². The fourth-order valence-electron chi connectivity index (χ4n) is 1.12. The Hall–Kier alpha value is -1.38. The summed E-state index contributed by atoms with van der Waals surface area (Å²) >= 11 is 0. The predicted molar refractivity (Wildman–Crippen MR) is 66.1 cm³/mol. The first kappa shape index (κ1) is 13.6. The Morgan fingerprint density at radius 3 is 2.27 bits per heavy atom. The maximum absolute atomic E-state index is 4.19. The van der Waals surface area contributed by atoms with Gasteiger partial charge in [-0.25, -0.2) is 9.97 Å². The van der Waals surface area contributed by atoms with Crippen molar-refractivity contribution >= 4 is 11.2 Å². The molecule has 0 aliphatic heterocycles. The van der Waals surface area contributed by atoms with Crippen LogP contribution in [0.5, 0.6) is 0 Å². The van der Waals surface area contributed by atoms with E-state index in [0.717, 1.165) is 22.6 Å². The van der Waals surface area contributed by atoms with E-state index in [1.54, 1.807) is 0 Å². The van der Waals surface area contributed by atoms with E-state index in [4.69, 9.17) is 0 Å². The highest BCUT2D eigenvalue weighted by Gasteiger charge is 1.98. The zero-order chi connectivity index (χ0) is 11.8. The minimum absolute atomic E-state index is 0.799. The largest absolute Gasteiger partial charge is 0.341 e. The van der Waals surface area contributed by atoms with Crippen LogP contribution in [-0.4, -0.2) is 15.0 Å². The number of hydrogen-bond acceptors (Lipinski definition) is 2. The highest BCUT2D eigenvalue weighted by atomic mass is 15.0. The molecular formula is C12H21N3. The van der Waals surface area contributed by atoms with Crippen molar-refractivity contribution in [2.24, 2.45) is 0 Å². The maximum Gasteiger partial charge on any atom is 0.177 e. The van der Waals surface area contributed by atoms with E-state index < -0.39 is 0 Å². The summed E-state index contributed by atoms with van der Waals surface area (Å²) in [5.41, 5.74) is 2.97. The first-order valence-electron chi connectivity index (χ1n) is 5.55. The van der Waals surface area contributed by atoms with Crippen molar-refractivity contribution in [1.82, 2.24) is 15.0 Å². The number of nitrogens with one attached hydrogen (secondary N) is 1. The smallest absolute Gasteiger partial charge is 0.177 e. The lowest BCUT2D eigenvalue weighted by molar-refractivity contribution is 1.16. The molecular weight excluding hydrogens is 186 g/mol. The number of rotatable bonds is 0. The van der Waals surface area contributed by atoms with Crippen molar-refractivity contribution < 1.29 is 0 Å². The van der Waals surface area contributed by atoms with E-state index in [-0.39, 0.29) is 0 Å². The molecule has 2 aromatic heterocycles. The molecule has 0 fully saturated rings. The summed E-state index contributed by atoms with van der Waals surface area (Å²) in [6, 6.07) is 2.04. The third kappa shape index (κ3) is 3.70. The van der Waals surface area contributed by atoms with Gasteiger partial charge in [0.25, 0.3) is 0 Å². The molecule has 2 aromatic rings. The van der Waals surface area contributed by atoms with Gasteiger partial charge in [0.1, 0.15) is 5.82 Å². The van der Waals surface area contributed by atoms with E-state index in [2.05, 4.69) is 15.0 Å². The molecule has 0 aliphatic rings. The highest BCUT2D eigenvalue weighted by Crippen LogP contribution is 2.08. The average Bonchev–Trinajstić information content (AvgIpc) is 2.63. The Morgan fingerprint density at radius 1 is 1.07 bits per heavy atom. The molecule has 0 aliphatic carbocycles. The molecule has 3 heteroatoms. The number of aromatic nitrogens is 3. The van der Waals surface area contributed by atoms with Crippen molar-refractivity contribution in [3.63, 3.8) is 0 Å². The lowest BCUT2D eigenvalue weighted by Crippen LogP contribution is -1.77. The number of nitrogens with zero attached hydrogens (tertiary/aromatic N) is 2. The predicted octanol–water partition coefficient (Wildman–Crippen LogP) is 3.63. The standard InChI is InChI=1S/C8H9N3.2C2H6/c1-5-3-7-8(9-4-5)11-6(2)10-7;2*1-2/h3-4H,1-2H3,(H,9,10,11);2*1-2H3. The van der Waals surface area contributed by atoms with Crippen molar-refractivity contribution in [3.05, 3.63) is 23.7 Å². The van der Waals surface area contributed by atoms with Gasteiger partial charge in [-0.05, 0) is 25.5 Å². The fourth-order valence-corrected chi connectivity index (χ4v) is 1.12. The summed E-state index contributed by atoms with van der Waals surface area (Å²) in [5, 5.41) is 0. The Kier molecular flexibility index (Phi) is 6.34. The average molecular weight is 207 g/mol. The van der Waals surface area contributed by atoms with Gasteiger partial charge in [-0.3, -0.25) is 0 Å². The molecule has 1 N–H and O–H groups in total.